The lowest BCUT2D eigenvalue weighted by Crippen LogP contribution is -2.33. The first-order valence-corrected chi connectivity index (χ1v) is 13.3. The molecule has 0 unspecified atom stereocenters. The summed E-state index contributed by atoms with van der Waals surface area (Å²) in [5.41, 5.74) is 1.86. The number of esters is 1. The molecule has 8 heteroatoms. The lowest BCUT2D eigenvalue weighted by Gasteiger charge is -2.20. The molecule has 2 rings (SSSR count). The molecule has 2 aromatic carbocycles. The Morgan fingerprint density at radius 2 is 1.89 bits per heavy atom. The Bertz CT molecular complexity index is 990. The van der Waals surface area contributed by atoms with Crippen LogP contribution in [-0.4, -0.2) is 36.6 Å². The third-order valence-electron chi connectivity index (χ3n) is 4.76. The Kier molecular flexibility index (Phi) is 11.7. The molecule has 0 fully saturated rings. The van der Waals surface area contributed by atoms with E-state index in [1.54, 1.807) is 23.9 Å². The molecule has 0 aliphatic carbocycles. The molecule has 0 saturated heterocycles. The normalized spacial score (nSPS) is 11.1. The summed E-state index contributed by atoms with van der Waals surface area (Å²) in [5, 5.41) is 3.39. The molecule has 0 aliphatic rings. The SMILES string of the molecule is CCCc1c(CCNC(=O)OC(C)(C)C)cccc1OCCCSc1ccc(OC(C)=O)cc1Cl. The summed E-state index contributed by atoms with van der Waals surface area (Å²) in [6.07, 6.45) is 3.08. The van der Waals surface area contributed by atoms with Crippen LogP contribution < -0.4 is 14.8 Å². The monoisotopic (exact) mass is 521 g/mol. The predicted octanol–water partition coefficient (Wildman–Crippen LogP) is 6.85. The van der Waals surface area contributed by atoms with Crippen molar-refractivity contribution in [3.63, 3.8) is 0 Å². The summed E-state index contributed by atoms with van der Waals surface area (Å²) in [7, 11) is 0. The van der Waals surface area contributed by atoms with Crippen molar-refractivity contribution in [3.05, 3.63) is 52.5 Å². The van der Waals surface area contributed by atoms with Gasteiger partial charge in [0, 0.05) is 30.2 Å². The molecule has 0 aromatic heterocycles. The minimum Gasteiger partial charge on any atom is -0.493 e. The first kappa shape index (κ1) is 28.9. The van der Waals surface area contributed by atoms with Gasteiger partial charge in [-0.3, -0.25) is 4.79 Å². The molecule has 35 heavy (non-hydrogen) atoms. The number of benzene rings is 2. The van der Waals surface area contributed by atoms with Crippen molar-refractivity contribution in [1.29, 1.82) is 0 Å². The first-order valence-electron chi connectivity index (χ1n) is 11.9. The molecule has 0 heterocycles. The molecule has 6 nitrogen and oxygen atoms in total. The summed E-state index contributed by atoms with van der Waals surface area (Å²) in [5.74, 6) is 1.81. The standard InChI is InChI=1S/C27H36ClNO5S/c1-6-9-22-20(14-15-29-26(31)34-27(3,4)5)10-7-11-24(22)32-16-8-17-35-25-13-12-21(18-23(25)28)33-19(2)30/h7,10-13,18H,6,8-9,14-17H2,1-5H3,(H,29,31). The summed E-state index contributed by atoms with van der Waals surface area (Å²) < 4.78 is 16.5. The van der Waals surface area contributed by atoms with E-state index in [0.717, 1.165) is 35.7 Å². The Labute approximate surface area is 218 Å². The lowest BCUT2D eigenvalue weighted by molar-refractivity contribution is -0.131. The van der Waals surface area contributed by atoms with Crippen molar-refractivity contribution in [2.45, 2.75) is 70.8 Å². The van der Waals surface area contributed by atoms with Gasteiger partial charge < -0.3 is 19.5 Å². The molecule has 1 N–H and O–H groups in total. The van der Waals surface area contributed by atoms with Gasteiger partial charge in [0.2, 0.25) is 0 Å². The number of alkyl carbamates (subject to hydrolysis) is 1. The average Bonchev–Trinajstić information content (AvgIpc) is 2.75. The van der Waals surface area contributed by atoms with Crippen molar-refractivity contribution in [3.8, 4) is 11.5 Å². The molecule has 0 radical (unpaired) electrons. The van der Waals surface area contributed by atoms with Crippen LogP contribution in [0.5, 0.6) is 11.5 Å². The van der Waals surface area contributed by atoms with E-state index in [2.05, 4.69) is 18.3 Å². The number of nitrogens with one attached hydrogen (secondary N) is 1. The van der Waals surface area contributed by atoms with Crippen molar-refractivity contribution >= 4 is 35.4 Å². The van der Waals surface area contributed by atoms with Crippen molar-refractivity contribution in [2.24, 2.45) is 0 Å². The number of carbonyl (C=O) groups excluding carboxylic acids is 2. The van der Waals surface area contributed by atoms with Crippen LogP contribution in [0.25, 0.3) is 0 Å². The van der Waals surface area contributed by atoms with Gasteiger partial charge in [0.1, 0.15) is 17.1 Å². The third kappa shape index (κ3) is 10.8. The second-order valence-corrected chi connectivity index (χ2v) is 10.6. The van der Waals surface area contributed by atoms with Crippen LogP contribution in [0, 0.1) is 0 Å². The first-order chi connectivity index (χ1) is 16.6. The highest BCUT2D eigenvalue weighted by Gasteiger charge is 2.16. The lowest BCUT2D eigenvalue weighted by atomic mass is 9.99. The largest absolute Gasteiger partial charge is 0.493 e. The number of ether oxygens (including phenoxy) is 3. The van der Waals surface area contributed by atoms with Gasteiger partial charge in [-0.1, -0.05) is 37.1 Å². The fraction of sp³-hybridized carbons (Fsp3) is 0.481. The molecular formula is C27H36ClNO5S. The maximum atomic E-state index is 11.9. The average molecular weight is 522 g/mol. The molecule has 0 saturated carbocycles. The van der Waals surface area contributed by atoms with E-state index in [1.807, 2.05) is 39.0 Å². The fourth-order valence-corrected chi connectivity index (χ4v) is 4.56. The Morgan fingerprint density at radius 1 is 1.11 bits per heavy atom. The van der Waals surface area contributed by atoms with Crippen LogP contribution in [0.1, 0.15) is 58.6 Å². The van der Waals surface area contributed by atoms with Gasteiger partial charge in [-0.05, 0) is 69.4 Å². The highest BCUT2D eigenvalue weighted by Crippen LogP contribution is 2.31. The molecule has 0 spiro atoms. The number of rotatable bonds is 12. The van der Waals surface area contributed by atoms with Crippen LogP contribution in [0.15, 0.2) is 41.3 Å². The minimum atomic E-state index is -0.512. The molecule has 1 amide bonds. The van der Waals surface area contributed by atoms with E-state index in [4.69, 9.17) is 25.8 Å². The molecule has 0 atom stereocenters. The Morgan fingerprint density at radius 3 is 2.54 bits per heavy atom. The molecule has 192 valence electrons. The number of thioether (sulfide) groups is 1. The number of halogens is 1. The van der Waals surface area contributed by atoms with Crippen LogP contribution in [0.4, 0.5) is 4.79 Å². The van der Waals surface area contributed by atoms with Crippen LogP contribution in [0.2, 0.25) is 5.02 Å². The van der Waals surface area contributed by atoms with Crippen molar-refractivity contribution in [1.82, 2.24) is 5.32 Å². The van der Waals surface area contributed by atoms with Gasteiger partial charge in [0.15, 0.2) is 0 Å². The molecule has 2 aromatic rings. The third-order valence-corrected chi connectivity index (χ3v) is 6.35. The molecular weight excluding hydrogens is 486 g/mol. The summed E-state index contributed by atoms with van der Waals surface area (Å²) in [6.45, 7) is 10.1. The van der Waals surface area contributed by atoms with E-state index in [1.165, 1.54) is 18.1 Å². The second kappa shape index (κ2) is 14.2. The highest BCUT2D eigenvalue weighted by molar-refractivity contribution is 7.99. The number of carbonyl (C=O) groups is 2. The van der Waals surface area contributed by atoms with E-state index >= 15 is 0 Å². The zero-order valence-electron chi connectivity index (χ0n) is 21.2. The van der Waals surface area contributed by atoms with Crippen molar-refractivity contribution in [2.75, 3.05) is 18.9 Å². The molecule has 0 bridgehead atoms. The molecule has 0 aliphatic heterocycles. The highest BCUT2D eigenvalue weighted by atomic mass is 35.5. The quantitative estimate of drug-likeness (QED) is 0.142. The smallest absolute Gasteiger partial charge is 0.407 e. The van der Waals surface area contributed by atoms with Crippen molar-refractivity contribution < 1.29 is 23.8 Å². The topological polar surface area (TPSA) is 73.9 Å². The zero-order chi connectivity index (χ0) is 25.8. The van der Waals surface area contributed by atoms with Gasteiger partial charge in [-0.25, -0.2) is 4.79 Å². The van der Waals surface area contributed by atoms with Crippen LogP contribution in [0.3, 0.4) is 0 Å². The number of hydrogen-bond donors (Lipinski definition) is 1. The van der Waals surface area contributed by atoms with E-state index in [-0.39, 0.29) is 5.97 Å². The Hall–Kier alpha value is -2.38. The van der Waals surface area contributed by atoms with E-state index in [9.17, 15) is 9.59 Å². The Balaban J connectivity index is 1.85. The fourth-order valence-electron chi connectivity index (χ4n) is 3.38. The van der Waals surface area contributed by atoms with Gasteiger partial charge in [-0.15, -0.1) is 11.8 Å². The predicted molar refractivity (Wildman–Crippen MR) is 142 cm³/mol. The van der Waals surface area contributed by atoms with Gasteiger partial charge >= 0.3 is 12.1 Å². The van der Waals surface area contributed by atoms with Gasteiger partial charge in [-0.2, -0.15) is 0 Å². The number of amides is 1. The zero-order valence-corrected chi connectivity index (χ0v) is 22.8. The summed E-state index contributed by atoms with van der Waals surface area (Å²) >= 11 is 7.95. The maximum Gasteiger partial charge on any atom is 0.407 e. The summed E-state index contributed by atoms with van der Waals surface area (Å²) in [6, 6.07) is 11.4. The van der Waals surface area contributed by atoms with Crippen LogP contribution in [-0.2, 0) is 22.4 Å². The second-order valence-electron chi connectivity index (χ2n) is 9.06. The van der Waals surface area contributed by atoms with Gasteiger partial charge in [0.25, 0.3) is 0 Å². The van der Waals surface area contributed by atoms with Gasteiger partial charge in [0.05, 0.1) is 11.6 Å². The maximum absolute atomic E-state index is 11.9. The minimum absolute atomic E-state index is 0.371. The number of hydrogen-bond acceptors (Lipinski definition) is 6. The van der Waals surface area contributed by atoms with E-state index < -0.39 is 11.7 Å². The summed E-state index contributed by atoms with van der Waals surface area (Å²) in [4.78, 5) is 23.9. The van der Waals surface area contributed by atoms with E-state index in [0.29, 0.717) is 30.3 Å². The van der Waals surface area contributed by atoms with Crippen LogP contribution >= 0.6 is 23.4 Å².